The number of hydrogen-bond acceptors (Lipinski definition) is 1. The van der Waals surface area contributed by atoms with Gasteiger partial charge in [-0.05, 0) is 12.5 Å². The van der Waals surface area contributed by atoms with Crippen LogP contribution < -0.4 is 5.32 Å². The SMILES string of the molecule is C[C@H](NCC(F)(F)c1ccccc1)c1ccccc1. The molecular formula is C16H17F2N. The molecule has 0 aliphatic heterocycles. The Morgan fingerprint density at radius 1 is 0.947 bits per heavy atom. The van der Waals surface area contributed by atoms with Crippen molar-refractivity contribution in [1.29, 1.82) is 0 Å². The van der Waals surface area contributed by atoms with Crippen LogP contribution in [0.1, 0.15) is 24.1 Å². The maximum Gasteiger partial charge on any atom is 0.285 e. The van der Waals surface area contributed by atoms with Gasteiger partial charge in [0.25, 0.3) is 5.92 Å². The van der Waals surface area contributed by atoms with Crippen LogP contribution in [0.3, 0.4) is 0 Å². The molecule has 2 rings (SSSR count). The molecule has 3 heteroatoms. The fraction of sp³-hybridized carbons (Fsp3) is 0.250. The molecule has 0 saturated heterocycles. The molecule has 0 heterocycles. The van der Waals surface area contributed by atoms with Gasteiger partial charge in [0.2, 0.25) is 0 Å². The molecule has 19 heavy (non-hydrogen) atoms. The highest BCUT2D eigenvalue weighted by Crippen LogP contribution is 2.27. The highest BCUT2D eigenvalue weighted by atomic mass is 19.3. The van der Waals surface area contributed by atoms with E-state index in [1.165, 1.54) is 12.1 Å². The van der Waals surface area contributed by atoms with Crippen molar-refractivity contribution < 1.29 is 8.78 Å². The first kappa shape index (κ1) is 13.7. The molecule has 0 amide bonds. The molecule has 0 spiro atoms. The molecule has 1 N–H and O–H groups in total. The molecule has 1 nitrogen and oxygen atoms in total. The summed E-state index contributed by atoms with van der Waals surface area (Å²) in [5.74, 6) is -2.86. The minimum Gasteiger partial charge on any atom is -0.304 e. The summed E-state index contributed by atoms with van der Waals surface area (Å²) in [5.41, 5.74) is 1.05. The molecule has 0 unspecified atom stereocenters. The first-order valence-corrected chi connectivity index (χ1v) is 6.31. The second-order valence-corrected chi connectivity index (χ2v) is 4.58. The molecule has 0 bridgehead atoms. The van der Waals surface area contributed by atoms with Crippen LogP contribution in [0, 0.1) is 0 Å². The second kappa shape index (κ2) is 5.93. The Hall–Kier alpha value is -1.74. The predicted octanol–water partition coefficient (Wildman–Crippen LogP) is 4.13. The average Bonchev–Trinajstić information content (AvgIpc) is 2.47. The average molecular weight is 261 g/mol. The van der Waals surface area contributed by atoms with E-state index in [0.29, 0.717) is 0 Å². The van der Waals surface area contributed by atoms with Crippen LogP contribution in [0.2, 0.25) is 0 Å². The maximum atomic E-state index is 14.0. The van der Waals surface area contributed by atoms with E-state index in [1.54, 1.807) is 18.2 Å². The van der Waals surface area contributed by atoms with Gasteiger partial charge in [0.1, 0.15) is 0 Å². The Balaban J connectivity index is 1.99. The zero-order chi connectivity index (χ0) is 13.7. The molecule has 0 saturated carbocycles. The van der Waals surface area contributed by atoms with Gasteiger partial charge in [-0.1, -0.05) is 60.7 Å². The number of hydrogen-bond donors (Lipinski definition) is 1. The van der Waals surface area contributed by atoms with Gasteiger partial charge < -0.3 is 5.32 Å². The van der Waals surface area contributed by atoms with Crippen molar-refractivity contribution in [3.05, 3.63) is 71.8 Å². The monoisotopic (exact) mass is 261 g/mol. The van der Waals surface area contributed by atoms with Crippen LogP contribution in [0.15, 0.2) is 60.7 Å². The van der Waals surface area contributed by atoms with Gasteiger partial charge in [0.05, 0.1) is 6.54 Å². The number of alkyl halides is 2. The fourth-order valence-corrected chi connectivity index (χ4v) is 1.92. The summed E-state index contributed by atoms with van der Waals surface area (Å²) in [5, 5.41) is 2.89. The van der Waals surface area contributed by atoms with E-state index >= 15 is 0 Å². The molecule has 2 aromatic carbocycles. The summed E-state index contributed by atoms with van der Waals surface area (Å²) >= 11 is 0. The van der Waals surface area contributed by atoms with Crippen molar-refractivity contribution in [2.45, 2.75) is 18.9 Å². The lowest BCUT2D eigenvalue weighted by Gasteiger charge is -2.21. The van der Waals surface area contributed by atoms with Crippen molar-refractivity contribution >= 4 is 0 Å². The quantitative estimate of drug-likeness (QED) is 0.853. The largest absolute Gasteiger partial charge is 0.304 e. The Morgan fingerprint density at radius 2 is 1.47 bits per heavy atom. The molecule has 1 atom stereocenters. The molecule has 0 aliphatic carbocycles. The smallest absolute Gasteiger partial charge is 0.285 e. The van der Waals surface area contributed by atoms with Gasteiger partial charge in [-0.3, -0.25) is 0 Å². The van der Waals surface area contributed by atoms with E-state index in [-0.39, 0.29) is 18.2 Å². The zero-order valence-corrected chi connectivity index (χ0v) is 10.8. The Labute approximate surface area is 112 Å². The highest BCUT2D eigenvalue weighted by molar-refractivity contribution is 5.21. The summed E-state index contributed by atoms with van der Waals surface area (Å²) in [7, 11) is 0. The van der Waals surface area contributed by atoms with Crippen molar-refractivity contribution in [2.24, 2.45) is 0 Å². The van der Waals surface area contributed by atoms with E-state index in [4.69, 9.17) is 0 Å². The third-order valence-electron chi connectivity index (χ3n) is 3.13. The normalized spacial score (nSPS) is 13.2. The van der Waals surface area contributed by atoms with E-state index < -0.39 is 5.92 Å². The molecular weight excluding hydrogens is 244 g/mol. The van der Waals surface area contributed by atoms with Crippen molar-refractivity contribution in [3.8, 4) is 0 Å². The molecule has 0 aromatic heterocycles. The van der Waals surface area contributed by atoms with Gasteiger partial charge in [0.15, 0.2) is 0 Å². The van der Waals surface area contributed by atoms with Crippen LogP contribution in [0.5, 0.6) is 0 Å². The minimum atomic E-state index is -2.86. The first-order valence-electron chi connectivity index (χ1n) is 6.31. The second-order valence-electron chi connectivity index (χ2n) is 4.58. The molecule has 2 aromatic rings. The van der Waals surface area contributed by atoms with E-state index in [9.17, 15) is 8.78 Å². The van der Waals surface area contributed by atoms with Crippen LogP contribution >= 0.6 is 0 Å². The maximum absolute atomic E-state index is 14.0. The van der Waals surface area contributed by atoms with Gasteiger partial charge in [0, 0.05) is 11.6 Å². The number of rotatable bonds is 5. The van der Waals surface area contributed by atoms with Gasteiger partial charge in [-0.25, -0.2) is 0 Å². The number of benzene rings is 2. The van der Waals surface area contributed by atoms with Crippen molar-refractivity contribution in [1.82, 2.24) is 5.32 Å². The van der Waals surface area contributed by atoms with Gasteiger partial charge >= 0.3 is 0 Å². The van der Waals surface area contributed by atoms with Crippen LogP contribution in [0.4, 0.5) is 8.78 Å². The number of nitrogens with one attached hydrogen (secondary N) is 1. The first-order chi connectivity index (χ1) is 9.09. The summed E-state index contributed by atoms with van der Waals surface area (Å²) < 4.78 is 27.9. The Morgan fingerprint density at radius 3 is 2.05 bits per heavy atom. The standard InChI is InChI=1S/C16H17F2N/c1-13(14-8-4-2-5-9-14)19-12-16(17,18)15-10-6-3-7-11-15/h2-11,13,19H,12H2,1H3/t13-/m0/s1. The van der Waals surface area contributed by atoms with E-state index in [0.717, 1.165) is 5.56 Å². The Bertz CT molecular complexity index is 497. The lowest BCUT2D eigenvalue weighted by atomic mass is 10.1. The molecule has 0 fully saturated rings. The topological polar surface area (TPSA) is 12.0 Å². The molecule has 0 radical (unpaired) electrons. The summed E-state index contributed by atoms with van der Waals surface area (Å²) in [6, 6.07) is 17.4. The predicted molar refractivity (Wildman–Crippen MR) is 73.2 cm³/mol. The lowest BCUT2D eigenvalue weighted by molar-refractivity contribution is -0.00534. The minimum absolute atomic E-state index is 0.0442. The van der Waals surface area contributed by atoms with Crippen molar-refractivity contribution in [3.63, 3.8) is 0 Å². The number of halogens is 2. The van der Waals surface area contributed by atoms with E-state index in [2.05, 4.69) is 5.32 Å². The van der Waals surface area contributed by atoms with Crippen LogP contribution in [-0.4, -0.2) is 6.54 Å². The molecule has 0 aliphatic rings. The highest BCUT2D eigenvalue weighted by Gasteiger charge is 2.31. The summed E-state index contributed by atoms with van der Waals surface area (Å²) in [4.78, 5) is 0. The zero-order valence-electron chi connectivity index (χ0n) is 10.8. The Kier molecular flexibility index (Phi) is 4.27. The van der Waals surface area contributed by atoms with Crippen LogP contribution in [-0.2, 0) is 5.92 Å². The van der Waals surface area contributed by atoms with Crippen molar-refractivity contribution in [2.75, 3.05) is 6.54 Å². The van der Waals surface area contributed by atoms with Gasteiger partial charge in [-0.2, -0.15) is 8.78 Å². The summed E-state index contributed by atoms with van der Waals surface area (Å²) in [6.45, 7) is 1.52. The third-order valence-corrected chi connectivity index (χ3v) is 3.13. The van der Waals surface area contributed by atoms with Gasteiger partial charge in [-0.15, -0.1) is 0 Å². The molecule has 100 valence electrons. The summed E-state index contributed by atoms with van der Waals surface area (Å²) in [6.07, 6.45) is 0. The van der Waals surface area contributed by atoms with Crippen LogP contribution in [0.25, 0.3) is 0 Å². The van der Waals surface area contributed by atoms with E-state index in [1.807, 2.05) is 37.3 Å². The lowest BCUT2D eigenvalue weighted by Crippen LogP contribution is -2.32. The fourth-order valence-electron chi connectivity index (χ4n) is 1.92. The third kappa shape index (κ3) is 3.61.